The van der Waals surface area contributed by atoms with Gasteiger partial charge in [0.25, 0.3) is 0 Å². The number of carboxylic acid groups (broad SMARTS) is 1. The lowest BCUT2D eigenvalue weighted by Crippen LogP contribution is -2.26. The Morgan fingerprint density at radius 3 is 2.25 bits per heavy atom. The van der Waals surface area contributed by atoms with Crippen molar-refractivity contribution < 1.29 is 19.4 Å². The monoisotopic (exact) mass is 230 g/mol. The zero-order chi connectivity index (χ0) is 12.8. The van der Waals surface area contributed by atoms with E-state index in [0.29, 0.717) is 6.42 Å². The van der Waals surface area contributed by atoms with Gasteiger partial charge in [-0.05, 0) is 25.2 Å². The highest BCUT2D eigenvalue weighted by molar-refractivity contribution is 5.73. The molecular weight excluding hydrogens is 208 g/mol. The van der Waals surface area contributed by atoms with E-state index in [2.05, 4.69) is 0 Å². The third-order valence-electron chi connectivity index (χ3n) is 2.91. The molecule has 2 unspecified atom stereocenters. The highest BCUT2D eigenvalue weighted by Gasteiger charge is 2.29. The minimum atomic E-state index is -0.874. The molecule has 0 amide bonds. The van der Waals surface area contributed by atoms with Crippen molar-refractivity contribution in [3.63, 3.8) is 0 Å². The van der Waals surface area contributed by atoms with Gasteiger partial charge in [-0.25, -0.2) is 0 Å². The minimum absolute atomic E-state index is 0.000887. The molecule has 0 aromatic heterocycles. The van der Waals surface area contributed by atoms with Crippen molar-refractivity contribution in [3.8, 4) is 0 Å². The van der Waals surface area contributed by atoms with Crippen LogP contribution in [-0.2, 0) is 14.3 Å². The van der Waals surface area contributed by atoms with Gasteiger partial charge in [0.15, 0.2) is 0 Å². The van der Waals surface area contributed by atoms with Gasteiger partial charge >= 0.3 is 11.9 Å². The van der Waals surface area contributed by atoms with E-state index in [0.717, 1.165) is 6.42 Å². The summed E-state index contributed by atoms with van der Waals surface area (Å²) >= 11 is 0. The van der Waals surface area contributed by atoms with E-state index >= 15 is 0 Å². The third-order valence-corrected chi connectivity index (χ3v) is 2.91. The summed E-state index contributed by atoms with van der Waals surface area (Å²) in [6.45, 7) is 7.46. The molecule has 94 valence electrons. The molecule has 4 heteroatoms. The quantitative estimate of drug-likeness (QED) is 0.683. The van der Waals surface area contributed by atoms with Crippen LogP contribution in [0.15, 0.2) is 0 Å². The number of ether oxygens (including phenoxy) is 1. The minimum Gasteiger partial charge on any atom is -0.481 e. The topological polar surface area (TPSA) is 63.6 Å². The van der Waals surface area contributed by atoms with Crippen LogP contribution in [0.1, 0.15) is 53.4 Å². The molecule has 0 saturated heterocycles. The van der Waals surface area contributed by atoms with Crippen LogP contribution >= 0.6 is 0 Å². The lowest BCUT2D eigenvalue weighted by molar-refractivity contribution is -0.152. The van der Waals surface area contributed by atoms with Crippen molar-refractivity contribution in [2.45, 2.75) is 59.5 Å². The molecule has 0 aromatic carbocycles. The zero-order valence-electron chi connectivity index (χ0n) is 10.6. The first-order valence-electron chi connectivity index (χ1n) is 5.74. The zero-order valence-corrected chi connectivity index (χ0v) is 10.6. The van der Waals surface area contributed by atoms with E-state index in [-0.39, 0.29) is 24.9 Å². The summed E-state index contributed by atoms with van der Waals surface area (Å²) in [6.07, 6.45) is 1.49. The summed E-state index contributed by atoms with van der Waals surface area (Å²) in [7, 11) is 0. The summed E-state index contributed by atoms with van der Waals surface area (Å²) in [4.78, 5) is 22.2. The van der Waals surface area contributed by atoms with Crippen LogP contribution in [0, 0.1) is 5.41 Å². The number of carbonyl (C=O) groups excluding carboxylic acids is 1. The summed E-state index contributed by atoms with van der Waals surface area (Å²) in [6, 6.07) is 0. The largest absolute Gasteiger partial charge is 0.481 e. The number of aliphatic carboxylic acids is 1. The number of carboxylic acids is 1. The summed E-state index contributed by atoms with van der Waals surface area (Å²) in [5, 5.41) is 8.77. The normalized spacial score (nSPS) is 16.2. The molecule has 0 aliphatic heterocycles. The molecule has 0 fully saturated rings. The first kappa shape index (κ1) is 14.9. The van der Waals surface area contributed by atoms with Gasteiger partial charge in [0, 0.05) is 0 Å². The van der Waals surface area contributed by atoms with Crippen LogP contribution in [0.25, 0.3) is 0 Å². The number of rotatable bonds is 7. The maximum atomic E-state index is 11.6. The first-order valence-corrected chi connectivity index (χ1v) is 5.74. The van der Waals surface area contributed by atoms with Crippen molar-refractivity contribution in [1.82, 2.24) is 0 Å². The van der Waals surface area contributed by atoms with Crippen LogP contribution in [0.3, 0.4) is 0 Å². The van der Waals surface area contributed by atoms with Crippen molar-refractivity contribution >= 4 is 11.9 Å². The molecule has 0 aliphatic rings. The molecule has 0 aromatic rings. The van der Waals surface area contributed by atoms with Crippen LogP contribution < -0.4 is 0 Å². The highest BCUT2D eigenvalue weighted by Crippen LogP contribution is 2.30. The van der Waals surface area contributed by atoms with E-state index in [1.165, 1.54) is 0 Å². The standard InChI is InChI=1S/C12H22O4/c1-5-9(3)16-11(15)8-12(4,6-2)7-10(13)14/h9H,5-8H2,1-4H3,(H,13,14). The molecule has 4 nitrogen and oxygen atoms in total. The van der Waals surface area contributed by atoms with E-state index in [9.17, 15) is 9.59 Å². The number of hydrogen-bond donors (Lipinski definition) is 1. The molecule has 0 heterocycles. The van der Waals surface area contributed by atoms with Gasteiger partial charge < -0.3 is 9.84 Å². The molecule has 0 radical (unpaired) electrons. The summed E-state index contributed by atoms with van der Waals surface area (Å²) in [5.41, 5.74) is -0.504. The molecule has 16 heavy (non-hydrogen) atoms. The lowest BCUT2D eigenvalue weighted by atomic mass is 9.81. The Bertz CT molecular complexity index is 249. The van der Waals surface area contributed by atoms with E-state index in [1.54, 1.807) is 6.92 Å². The average molecular weight is 230 g/mol. The average Bonchev–Trinajstić information content (AvgIpc) is 2.15. The van der Waals surface area contributed by atoms with Gasteiger partial charge in [-0.15, -0.1) is 0 Å². The van der Waals surface area contributed by atoms with Crippen molar-refractivity contribution in [3.05, 3.63) is 0 Å². The van der Waals surface area contributed by atoms with Crippen LogP contribution in [0.4, 0.5) is 0 Å². The fourth-order valence-electron chi connectivity index (χ4n) is 1.38. The fraction of sp³-hybridized carbons (Fsp3) is 0.833. The molecule has 0 rings (SSSR count). The SMILES string of the molecule is CCC(C)OC(=O)CC(C)(CC)CC(=O)O. The van der Waals surface area contributed by atoms with Crippen LogP contribution in [0.5, 0.6) is 0 Å². The molecular formula is C12H22O4. The Morgan fingerprint density at radius 2 is 1.88 bits per heavy atom. The second kappa shape index (κ2) is 6.51. The number of esters is 1. The van der Waals surface area contributed by atoms with Crippen molar-refractivity contribution in [2.75, 3.05) is 0 Å². The Labute approximate surface area is 97.0 Å². The van der Waals surface area contributed by atoms with E-state index in [4.69, 9.17) is 9.84 Å². The molecule has 0 spiro atoms. The highest BCUT2D eigenvalue weighted by atomic mass is 16.5. The predicted octanol–water partition coefficient (Wildman–Crippen LogP) is 2.61. The number of carbonyl (C=O) groups is 2. The first-order chi connectivity index (χ1) is 7.33. The van der Waals surface area contributed by atoms with Gasteiger partial charge in [0.1, 0.15) is 0 Å². The Morgan fingerprint density at radius 1 is 1.31 bits per heavy atom. The molecule has 0 bridgehead atoms. The maximum absolute atomic E-state index is 11.6. The van der Waals surface area contributed by atoms with Gasteiger partial charge in [-0.2, -0.15) is 0 Å². The van der Waals surface area contributed by atoms with E-state index < -0.39 is 11.4 Å². The third kappa shape index (κ3) is 5.73. The van der Waals surface area contributed by atoms with Gasteiger partial charge in [0.05, 0.1) is 18.9 Å². The van der Waals surface area contributed by atoms with Crippen LogP contribution in [-0.4, -0.2) is 23.1 Å². The molecule has 2 atom stereocenters. The maximum Gasteiger partial charge on any atom is 0.306 e. The molecule has 1 N–H and O–H groups in total. The Balaban J connectivity index is 4.30. The lowest BCUT2D eigenvalue weighted by Gasteiger charge is -2.25. The van der Waals surface area contributed by atoms with Crippen molar-refractivity contribution in [1.29, 1.82) is 0 Å². The predicted molar refractivity (Wildman–Crippen MR) is 61.1 cm³/mol. The van der Waals surface area contributed by atoms with Crippen LogP contribution in [0.2, 0.25) is 0 Å². The smallest absolute Gasteiger partial charge is 0.306 e. The van der Waals surface area contributed by atoms with Gasteiger partial charge in [0.2, 0.25) is 0 Å². The van der Waals surface area contributed by atoms with Crippen molar-refractivity contribution in [2.24, 2.45) is 5.41 Å². The second-order valence-corrected chi connectivity index (χ2v) is 4.62. The fourth-order valence-corrected chi connectivity index (χ4v) is 1.38. The second-order valence-electron chi connectivity index (χ2n) is 4.62. The number of hydrogen-bond acceptors (Lipinski definition) is 3. The van der Waals surface area contributed by atoms with Gasteiger partial charge in [-0.3, -0.25) is 9.59 Å². The van der Waals surface area contributed by atoms with Gasteiger partial charge in [-0.1, -0.05) is 20.8 Å². The Kier molecular flexibility index (Phi) is 6.08. The molecule has 0 aliphatic carbocycles. The molecule has 0 saturated carbocycles. The van der Waals surface area contributed by atoms with E-state index in [1.807, 2.05) is 20.8 Å². The summed E-state index contributed by atoms with van der Waals surface area (Å²) < 4.78 is 5.15. The Hall–Kier alpha value is -1.06. The summed E-state index contributed by atoms with van der Waals surface area (Å²) in [5.74, 6) is -1.18.